The van der Waals surface area contributed by atoms with E-state index >= 15 is 0 Å². The summed E-state index contributed by atoms with van der Waals surface area (Å²) in [7, 11) is -1.57. The van der Waals surface area contributed by atoms with Crippen LogP contribution in [0.1, 0.15) is 13.8 Å². The Hall–Kier alpha value is -1.04. The van der Waals surface area contributed by atoms with Crippen LogP contribution in [0.25, 0.3) is 0 Å². The summed E-state index contributed by atoms with van der Waals surface area (Å²) in [6.07, 6.45) is 0. The van der Waals surface area contributed by atoms with Gasteiger partial charge in [0.2, 0.25) is 0 Å². The van der Waals surface area contributed by atoms with Gasteiger partial charge in [-0.2, -0.15) is 0 Å². The van der Waals surface area contributed by atoms with E-state index in [2.05, 4.69) is 0 Å². The van der Waals surface area contributed by atoms with Crippen molar-refractivity contribution in [3.05, 3.63) is 24.3 Å². The Bertz CT molecular complexity index is 319. The zero-order valence-corrected chi connectivity index (χ0v) is 8.84. The Morgan fingerprint density at radius 2 is 1.87 bits per heavy atom. The molecule has 0 heterocycles. The fourth-order valence-corrected chi connectivity index (χ4v) is 1.08. The standard InChI is InChI=1S/C10H15BO4/c1-10(2,12)7-15-9-6-4-3-5-8(9)11(13)14/h3-6,12-14H,7H2,1-2H3. The first-order valence-electron chi connectivity index (χ1n) is 4.70. The van der Waals surface area contributed by atoms with Crippen LogP contribution in [0.3, 0.4) is 0 Å². The number of para-hydroxylation sites is 1. The highest BCUT2D eigenvalue weighted by Crippen LogP contribution is 2.10. The van der Waals surface area contributed by atoms with Gasteiger partial charge in [-0.15, -0.1) is 0 Å². The third-order valence-corrected chi connectivity index (χ3v) is 1.78. The van der Waals surface area contributed by atoms with Crippen LogP contribution in [0, 0.1) is 0 Å². The second kappa shape index (κ2) is 4.66. The second-order valence-corrected chi connectivity index (χ2v) is 4.01. The Balaban J connectivity index is 2.76. The van der Waals surface area contributed by atoms with Crippen LogP contribution in [0.4, 0.5) is 0 Å². The zero-order valence-electron chi connectivity index (χ0n) is 8.84. The van der Waals surface area contributed by atoms with Gasteiger partial charge in [0, 0.05) is 5.46 Å². The fraction of sp³-hybridized carbons (Fsp3) is 0.400. The maximum absolute atomic E-state index is 9.46. The molecule has 0 amide bonds. The molecule has 0 saturated heterocycles. The molecule has 0 radical (unpaired) electrons. The average Bonchev–Trinajstić information content (AvgIpc) is 2.14. The molecule has 0 aliphatic rings. The molecule has 0 unspecified atom stereocenters. The van der Waals surface area contributed by atoms with Crippen LogP contribution in [0.5, 0.6) is 5.75 Å². The summed E-state index contributed by atoms with van der Waals surface area (Å²) in [5.41, 5.74) is -0.658. The van der Waals surface area contributed by atoms with Crippen molar-refractivity contribution in [3.63, 3.8) is 0 Å². The normalized spacial score (nSPS) is 11.3. The van der Waals surface area contributed by atoms with Crippen molar-refractivity contribution in [1.82, 2.24) is 0 Å². The van der Waals surface area contributed by atoms with Gasteiger partial charge < -0.3 is 19.9 Å². The smallest absolute Gasteiger partial charge is 0.491 e. The van der Waals surface area contributed by atoms with Gasteiger partial charge in [0.25, 0.3) is 0 Å². The minimum atomic E-state index is -1.57. The number of ether oxygens (including phenoxy) is 1. The van der Waals surface area contributed by atoms with Gasteiger partial charge in [0.1, 0.15) is 12.4 Å². The van der Waals surface area contributed by atoms with Crippen LogP contribution in [-0.2, 0) is 0 Å². The largest absolute Gasteiger partial charge is 0.492 e. The Kier molecular flexibility index (Phi) is 3.74. The zero-order chi connectivity index (χ0) is 11.5. The summed E-state index contributed by atoms with van der Waals surface area (Å²) in [6, 6.07) is 6.60. The highest BCUT2D eigenvalue weighted by molar-refractivity contribution is 6.59. The van der Waals surface area contributed by atoms with E-state index in [1.807, 2.05) is 0 Å². The van der Waals surface area contributed by atoms with Crippen molar-refractivity contribution in [2.75, 3.05) is 6.61 Å². The number of aliphatic hydroxyl groups is 1. The monoisotopic (exact) mass is 210 g/mol. The molecule has 0 bridgehead atoms. The summed E-state index contributed by atoms with van der Waals surface area (Å²) in [5, 5.41) is 27.6. The first-order chi connectivity index (χ1) is 6.90. The lowest BCUT2D eigenvalue weighted by molar-refractivity contribution is 0.0287. The second-order valence-electron chi connectivity index (χ2n) is 4.01. The lowest BCUT2D eigenvalue weighted by atomic mass is 9.79. The molecular formula is C10H15BO4. The van der Waals surface area contributed by atoms with Crippen molar-refractivity contribution in [3.8, 4) is 5.75 Å². The van der Waals surface area contributed by atoms with Crippen molar-refractivity contribution in [2.24, 2.45) is 0 Å². The summed E-state index contributed by atoms with van der Waals surface area (Å²) in [6.45, 7) is 3.33. The molecular weight excluding hydrogens is 195 g/mol. The van der Waals surface area contributed by atoms with E-state index in [1.165, 1.54) is 0 Å². The van der Waals surface area contributed by atoms with E-state index in [0.717, 1.165) is 0 Å². The molecule has 0 aliphatic carbocycles. The maximum atomic E-state index is 9.46. The van der Waals surface area contributed by atoms with Gasteiger partial charge >= 0.3 is 7.12 Å². The van der Waals surface area contributed by atoms with Gasteiger partial charge in [-0.1, -0.05) is 18.2 Å². The lowest BCUT2D eigenvalue weighted by Gasteiger charge is -2.19. The minimum Gasteiger partial charge on any atom is -0.491 e. The molecule has 0 atom stereocenters. The van der Waals surface area contributed by atoms with Crippen molar-refractivity contribution < 1.29 is 19.9 Å². The van der Waals surface area contributed by atoms with E-state index in [4.69, 9.17) is 14.8 Å². The molecule has 0 aliphatic heterocycles. The van der Waals surface area contributed by atoms with Crippen molar-refractivity contribution >= 4 is 12.6 Å². The first kappa shape index (κ1) is 12.0. The van der Waals surface area contributed by atoms with Crippen LogP contribution < -0.4 is 10.2 Å². The minimum absolute atomic E-state index is 0.0940. The summed E-state index contributed by atoms with van der Waals surface area (Å²) >= 11 is 0. The topological polar surface area (TPSA) is 69.9 Å². The average molecular weight is 210 g/mol. The summed E-state index contributed by atoms with van der Waals surface area (Å²) < 4.78 is 5.29. The molecule has 1 aromatic rings. The van der Waals surface area contributed by atoms with E-state index in [0.29, 0.717) is 11.2 Å². The Morgan fingerprint density at radius 1 is 1.27 bits per heavy atom. The predicted octanol–water partition coefficient (Wildman–Crippen LogP) is -0.484. The molecule has 0 saturated carbocycles. The third kappa shape index (κ3) is 3.91. The molecule has 1 rings (SSSR count). The van der Waals surface area contributed by atoms with Crippen LogP contribution in [0.15, 0.2) is 24.3 Å². The molecule has 0 fully saturated rings. The molecule has 15 heavy (non-hydrogen) atoms. The highest BCUT2D eigenvalue weighted by atomic mass is 16.5. The van der Waals surface area contributed by atoms with E-state index in [9.17, 15) is 5.11 Å². The van der Waals surface area contributed by atoms with Gasteiger partial charge in [0.15, 0.2) is 0 Å². The van der Waals surface area contributed by atoms with Crippen LogP contribution >= 0.6 is 0 Å². The SMILES string of the molecule is CC(C)(O)COc1ccccc1B(O)O. The van der Waals surface area contributed by atoms with Crippen LogP contribution in [0.2, 0.25) is 0 Å². The Labute approximate surface area is 89.3 Å². The Morgan fingerprint density at radius 3 is 2.40 bits per heavy atom. The lowest BCUT2D eigenvalue weighted by Crippen LogP contribution is -2.34. The number of hydrogen-bond donors (Lipinski definition) is 3. The molecule has 3 N–H and O–H groups in total. The summed E-state index contributed by atoms with van der Waals surface area (Å²) in [5.74, 6) is 0.370. The molecule has 5 heteroatoms. The van der Waals surface area contributed by atoms with Gasteiger partial charge in [-0.25, -0.2) is 0 Å². The molecule has 4 nitrogen and oxygen atoms in total. The van der Waals surface area contributed by atoms with Crippen LogP contribution in [-0.4, -0.2) is 34.5 Å². The van der Waals surface area contributed by atoms with Gasteiger partial charge in [0.05, 0.1) is 5.60 Å². The van der Waals surface area contributed by atoms with Gasteiger partial charge in [-0.3, -0.25) is 0 Å². The number of benzene rings is 1. The molecule has 82 valence electrons. The molecule has 0 spiro atoms. The fourth-order valence-electron chi connectivity index (χ4n) is 1.08. The van der Waals surface area contributed by atoms with E-state index in [-0.39, 0.29) is 6.61 Å². The highest BCUT2D eigenvalue weighted by Gasteiger charge is 2.19. The quantitative estimate of drug-likeness (QED) is 0.587. The van der Waals surface area contributed by atoms with Gasteiger partial charge in [-0.05, 0) is 19.9 Å². The molecule has 1 aromatic carbocycles. The first-order valence-corrected chi connectivity index (χ1v) is 4.70. The third-order valence-electron chi connectivity index (χ3n) is 1.78. The maximum Gasteiger partial charge on any atom is 0.492 e. The molecule has 0 aromatic heterocycles. The van der Waals surface area contributed by atoms with E-state index in [1.54, 1.807) is 38.1 Å². The summed E-state index contributed by atoms with van der Waals surface area (Å²) in [4.78, 5) is 0. The number of hydrogen-bond acceptors (Lipinski definition) is 4. The number of rotatable bonds is 4. The van der Waals surface area contributed by atoms with Crippen molar-refractivity contribution in [1.29, 1.82) is 0 Å². The predicted molar refractivity (Wildman–Crippen MR) is 58.1 cm³/mol. The van der Waals surface area contributed by atoms with E-state index < -0.39 is 12.7 Å². The van der Waals surface area contributed by atoms with Crippen molar-refractivity contribution in [2.45, 2.75) is 19.4 Å².